The molecule has 0 radical (unpaired) electrons. The normalized spacial score (nSPS) is 10.3. The van der Waals surface area contributed by atoms with Crippen molar-refractivity contribution in [2.45, 2.75) is 26.9 Å². The van der Waals surface area contributed by atoms with Gasteiger partial charge in [0.25, 0.3) is 5.91 Å². The van der Waals surface area contributed by atoms with Crippen molar-refractivity contribution in [2.24, 2.45) is 0 Å². The number of amides is 1. The summed E-state index contributed by atoms with van der Waals surface area (Å²) in [7, 11) is 0. The fourth-order valence-corrected chi connectivity index (χ4v) is 1.99. The Labute approximate surface area is 119 Å². The second-order valence-corrected chi connectivity index (χ2v) is 4.81. The van der Waals surface area contributed by atoms with Crippen molar-refractivity contribution in [1.82, 2.24) is 0 Å². The molecule has 0 aromatic heterocycles. The minimum atomic E-state index is -0.133. The van der Waals surface area contributed by atoms with Crippen LogP contribution in [-0.2, 0) is 13.0 Å². The first-order valence-corrected chi connectivity index (χ1v) is 6.74. The molecule has 3 nitrogen and oxygen atoms in total. The molecule has 0 heterocycles. The van der Waals surface area contributed by atoms with Gasteiger partial charge in [0, 0.05) is 11.3 Å². The summed E-state index contributed by atoms with van der Waals surface area (Å²) >= 11 is 0. The van der Waals surface area contributed by atoms with Crippen LogP contribution in [0.2, 0.25) is 0 Å². The predicted octanol–water partition coefficient (Wildman–Crippen LogP) is 3.30. The third kappa shape index (κ3) is 3.25. The zero-order valence-corrected chi connectivity index (χ0v) is 11.8. The third-order valence-corrected chi connectivity index (χ3v) is 3.36. The SMILES string of the molecule is CCc1ccc(C(=O)Nc2cc(CO)ccc2C)cc1. The highest BCUT2D eigenvalue weighted by Gasteiger charge is 2.08. The fourth-order valence-electron chi connectivity index (χ4n) is 1.99. The van der Waals surface area contributed by atoms with Gasteiger partial charge in [-0.3, -0.25) is 4.79 Å². The molecule has 0 bridgehead atoms. The molecular weight excluding hydrogens is 250 g/mol. The summed E-state index contributed by atoms with van der Waals surface area (Å²) in [5.74, 6) is -0.133. The first-order valence-electron chi connectivity index (χ1n) is 6.74. The summed E-state index contributed by atoms with van der Waals surface area (Å²) < 4.78 is 0. The number of rotatable bonds is 4. The van der Waals surface area contributed by atoms with Crippen molar-refractivity contribution in [3.8, 4) is 0 Å². The molecule has 2 aromatic carbocycles. The predicted molar refractivity (Wildman–Crippen MR) is 80.9 cm³/mol. The van der Waals surface area contributed by atoms with Gasteiger partial charge in [-0.1, -0.05) is 31.2 Å². The molecule has 0 unspecified atom stereocenters. The van der Waals surface area contributed by atoms with Crippen molar-refractivity contribution in [2.75, 3.05) is 5.32 Å². The number of aliphatic hydroxyl groups is 1. The molecule has 0 aliphatic rings. The van der Waals surface area contributed by atoms with Crippen LogP contribution in [0.4, 0.5) is 5.69 Å². The standard InChI is InChI=1S/C17H19NO2/c1-3-13-6-8-15(9-7-13)17(20)18-16-10-14(11-19)5-4-12(16)2/h4-10,19H,3,11H2,1-2H3,(H,18,20). The quantitative estimate of drug-likeness (QED) is 0.894. The minimum absolute atomic E-state index is 0.0334. The lowest BCUT2D eigenvalue weighted by Crippen LogP contribution is -2.13. The van der Waals surface area contributed by atoms with Crippen molar-refractivity contribution in [1.29, 1.82) is 0 Å². The maximum Gasteiger partial charge on any atom is 0.255 e. The van der Waals surface area contributed by atoms with Gasteiger partial charge in [-0.2, -0.15) is 0 Å². The van der Waals surface area contributed by atoms with Gasteiger partial charge in [-0.25, -0.2) is 0 Å². The molecule has 104 valence electrons. The molecular formula is C17H19NO2. The van der Waals surface area contributed by atoms with E-state index >= 15 is 0 Å². The molecule has 20 heavy (non-hydrogen) atoms. The number of anilines is 1. The number of hydrogen-bond donors (Lipinski definition) is 2. The number of hydrogen-bond acceptors (Lipinski definition) is 2. The number of nitrogens with one attached hydrogen (secondary N) is 1. The van der Waals surface area contributed by atoms with Gasteiger partial charge in [0.1, 0.15) is 0 Å². The highest BCUT2D eigenvalue weighted by atomic mass is 16.3. The molecule has 0 atom stereocenters. The lowest BCUT2D eigenvalue weighted by atomic mass is 10.1. The van der Waals surface area contributed by atoms with Crippen molar-refractivity contribution in [3.63, 3.8) is 0 Å². The van der Waals surface area contributed by atoms with Gasteiger partial charge in [-0.15, -0.1) is 0 Å². The summed E-state index contributed by atoms with van der Waals surface area (Å²) in [5.41, 5.74) is 4.34. The Morgan fingerprint density at radius 1 is 1.10 bits per heavy atom. The Bertz CT molecular complexity index is 603. The Morgan fingerprint density at radius 2 is 1.75 bits per heavy atom. The van der Waals surface area contributed by atoms with E-state index in [9.17, 15) is 4.79 Å². The molecule has 3 heteroatoms. The number of carbonyl (C=O) groups is 1. The monoisotopic (exact) mass is 269 g/mol. The average molecular weight is 269 g/mol. The zero-order valence-electron chi connectivity index (χ0n) is 11.8. The maximum atomic E-state index is 12.2. The number of aryl methyl sites for hydroxylation is 2. The van der Waals surface area contributed by atoms with E-state index < -0.39 is 0 Å². The Morgan fingerprint density at radius 3 is 2.35 bits per heavy atom. The highest BCUT2D eigenvalue weighted by molar-refractivity contribution is 6.04. The van der Waals surface area contributed by atoms with E-state index in [1.54, 1.807) is 6.07 Å². The van der Waals surface area contributed by atoms with Crippen LogP contribution in [0.3, 0.4) is 0 Å². The van der Waals surface area contributed by atoms with Gasteiger partial charge in [-0.05, 0) is 48.2 Å². The fraction of sp³-hybridized carbons (Fsp3) is 0.235. The van der Waals surface area contributed by atoms with Crippen LogP contribution < -0.4 is 5.32 Å². The van der Waals surface area contributed by atoms with Gasteiger partial charge >= 0.3 is 0 Å². The van der Waals surface area contributed by atoms with Gasteiger partial charge in [0.05, 0.1) is 6.61 Å². The van der Waals surface area contributed by atoms with Crippen LogP contribution in [0, 0.1) is 6.92 Å². The van der Waals surface area contributed by atoms with Gasteiger partial charge < -0.3 is 10.4 Å². The Kier molecular flexibility index (Phi) is 4.53. The molecule has 1 amide bonds. The summed E-state index contributed by atoms with van der Waals surface area (Å²) in [4.78, 5) is 12.2. The summed E-state index contributed by atoms with van der Waals surface area (Å²) in [6, 6.07) is 13.1. The topological polar surface area (TPSA) is 49.3 Å². The van der Waals surface area contributed by atoms with Crippen LogP contribution in [0.15, 0.2) is 42.5 Å². The summed E-state index contributed by atoms with van der Waals surface area (Å²) in [6.45, 7) is 3.98. The van der Waals surface area contributed by atoms with E-state index in [1.807, 2.05) is 43.3 Å². The Hall–Kier alpha value is -2.13. The lowest BCUT2D eigenvalue weighted by Gasteiger charge is -2.10. The molecule has 0 aliphatic carbocycles. The smallest absolute Gasteiger partial charge is 0.255 e. The van der Waals surface area contributed by atoms with Crippen molar-refractivity contribution in [3.05, 3.63) is 64.7 Å². The number of carbonyl (C=O) groups excluding carboxylic acids is 1. The van der Waals surface area contributed by atoms with Gasteiger partial charge in [0.15, 0.2) is 0 Å². The number of benzene rings is 2. The van der Waals surface area contributed by atoms with Crippen LogP contribution >= 0.6 is 0 Å². The van der Waals surface area contributed by atoms with Crippen LogP contribution in [0.25, 0.3) is 0 Å². The third-order valence-electron chi connectivity index (χ3n) is 3.36. The molecule has 0 saturated heterocycles. The lowest BCUT2D eigenvalue weighted by molar-refractivity contribution is 0.102. The summed E-state index contributed by atoms with van der Waals surface area (Å²) in [6.07, 6.45) is 0.958. The molecule has 2 aromatic rings. The molecule has 0 aliphatic heterocycles. The van der Waals surface area contributed by atoms with Crippen molar-refractivity contribution >= 4 is 11.6 Å². The molecule has 2 N–H and O–H groups in total. The summed E-state index contributed by atoms with van der Waals surface area (Å²) in [5, 5.41) is 12.0. The first-order chi connectivity index (χ1) is 9.63. The minimum Gasteiger partial charge on any atom is -0.392 e. The molecule has 0 saturated carbocycles. The maximum absolute atomic E-state index is 12.2. The molecule has 0 fully saturated rings. The van der Waals surface area contributed by atoms with E-state index in [1.165, 1.54) is 5.56 Å². The zero-order chi connectivity index (χ0) is 14.5. The van der Waals surface area contributed by atoms with E-state index in [2.05, 4.69) is 12.2 Å². The highest BCUT2D eigenvalue weighted by Crippen LogP contribution is 2.18. The number of aliphatic hydroxyl groups excluding tert-OH is 1. The van der Waals surface area contributed by atoms with Crippen LogP contribution in [-0.4, -0.2) is 11.0 Å². The van der Waals surface area contributed by atoms with E-state index in [-0.39, 0.29) is 12.5 Å². The molecule has 2 rings (SSSR count). The second kappa shape index (κ2) is 6.35. The Balaban J connectivity index is 2.18. The average Bonchev–Trinajstić information content (AvgIpc) is 2.49. The van der Waals surface area contributed by atoms with Gasteiger partial charge in [0.2, 0.25) is 0 Å². The van der Waals surface area contributed by atoms with E-state index in [0.717, 1.165) is 23.2 Å². The van der Waals surface area contributed by atoms with Crippen LogP contribution in [0.5, 0.6) is 0 Å². The largest absolute Gasteiger partial charge is 0.392 e. The molecule has 0 spiro atoms. The van der Waals surface area contributed by atoms with E-state index in [0.29, 0.717) is 5.56 Å². The van der Waals surface area contributed by atoms with Crippen molar-refractivity contribution < 1.29 is 9.90 Å². The van der Waals surface area contributed by atoms with Crippen LogP contribution in [0.1, 0.15) is 34.0 Å². The second-order valence-electron chi connectivity index (χ2n) is 4.81. The van der Waals surface area contributed by atoms with E-state index in [4.69, 9.17) is 5.11 Å². The first kappa shape index (κ1) is 14.3.